The van der Waals surface area contributed by atoms with Crippen LogP contribution in [-0.2, 0) is 35.3 Å². The number of phosphoric acid groups is 1. The van der Waals surface area contributed by atoms with Crippen LogP contribution in [0.5, 0.6) is 5.75 Å². The molecule has 0 aliphatic carbocycles. The van der Waals surface area contributed by atoms with Crippen molar-refractivity contribution in [3.63, 3.8) is 0 Å². The average molecular weight is 342 g/mol. The first kappa shape index (κ1) is 18.4. The molecule has 0 amide bonds. The fraction of sp³-hybridized carbons (Fsp3) is 0. The maximum Gasteiger partial charge on any atom is 4.00 e. The van der Waals surface area contributed by atoms with Crippen LogP contribution in [0, 0.1) is 0 Å². The molecule has 0 saturated carbocycles. The summed E-state index contributed by atoms with van der Waals surface area (Å²) in [6.45, 7) is 0. The summed E-state index contributed by atoms with van der Waals surface area (Å²) in [4.78, 5) is 35.6. The first-order valence-corrected chi connectivity index (χ1v) is 5.95. The number of para-hydroxylation sites is 1. The van der Waals surface area contributed by atoms with E-state index in [2.05, 4.69) is 4.52 Å². The summed E-state index contributed by atoms with van der Waals surface area (Å²) in [5, 5.41) is 0. The van der Waals surface area contributed by atoms with Crippen LogP contribution in [-0.4, -0.2) is 0 Å². The van der Waals surface area contributed by atoms with E-state index in [0.717, 1.165) is 0 Å². The molecule has 1 aromatic carbocycles. The maximum absolute atomic E-state index is 9.98. The normalized spacial score (nSPS) is 10.4. The molecule has 1 atom stereocenters. The van der Waals surface area contributed by atoms with Gasteiger partial charge in [-0.25, -0.2) is 0 Å². The Morgan fingerprint density at radius 1 is 1.12 bits per heavy atom. The minimum atomic E-state index is -5.39. The molecular weight excluding hydrogens is 337 g/mol. The van der Waals surface area contributed by atoms with Gasteiger partial charge in [0.25, 0.3) is 0 Å². The van der Waals surface area contributed by atoms with Crippen LogP contribution in [0.4, 0.5) is 0 Å². The average Bonchev–Trinajstić information content (AvgIpc) is 2.01. The zero-order chi connectivity index (χ0) is 11.9. The minimum absolute atomic E-state index is 0. The molecule has 0 N–H and O–H groups in total. The summed E-state index contributed by atoms with van der Waals surface area (Å²) in [5.41, 5.74) is 0. The number of hydrogen-bond acceptors (Lipinski definition) is 7. The quantitative estimate of drug-likeness (QED) is 0.582. The third-order valence-corrected chi connectivity index (χ3v) is 1.28. The molecule has 84 valence electrons. The second kappa shape index (κ2) is 9.14. The monoisotopic (exact) mass is 341 g/mol. The van der Waals surface area contributed by atoms with E-state index in [1.54, 1.807) is 30.3 Å². The van der Waals surface area contributed by atoms with E-state index < -0.39 is 16.1 Å². The molecule has 0 heterocycles. The Labute approximate surface area is 111 Å². The Bertz CT molecular complexity index is 343. The number of benzene rings is 1. The van der Waals surface area contributed by atoms with Gasteiger partial charge >= 0.3 is 34.5 Å². The summed E-state index contributed by atoms with van der Waals surface area (Å²) in [7, 11) is -8.17. The van der Waals surface area contributed by atoms with Crippen LogP contribution in [0.2, 0.25) is 0 Å². The number of rotatable bonds is 2. The fourth-order valence-electron chi connectivity index (χ4n) is 0.567. The van der Waals surface area contributed by atoms with E-state index in [0.29, 0.717) is 5.75 Å². The first-order chi connectivity index (χ1) is 6.79. The fourth-order valence-corrected chi connectivity index (χ4v) is 0.861. The smallest absolute Gasteiger partial charge is 0.822 e. The van der Waals surface area contributed by atoms with Crippen LogP contribution >= 0.6 is 16.1 Å². The molecule has 1 unspecified atom stereocenters. The molecule has 1 rings (SSSR count). The second-order valence-corrected chi connectivity index (χ2v) is 3.60. The van der Waals surface area contributed by atoms with Gasteiger partial charge in [-0.05, 0) is 16.7 Å². The summed E-state index contributed by atoms with van der Waals surface area (Å²) < 4.78 is 22.9. The van der Waals surface area contributed by atoms with Gasteiger partial charge in [-0.1, -0.05) is 18.2 Å². The van der Waals surface area contributed by atoms with Gasteiger partial charge in [-0.2, -0.15) is 7.82 Å². The van der Waals surface area contributed by atoms with E-state index >= 15 is 0 Å². The van der Waals surface area contributed by atoms with Crippen molar-refractivity contribution in [2.24, 2.45) is 0 Å². The number of hydrogen-bond donors (Lipinski definition) is 0. The van der Waals surface area contributed by atoms with Crippen LogP contribution < -0.4 is 24.1 Å². The van der Waals surface area contributed by atoms with Gasteiger partial charge in [-0.15, -0.1) is 0 Å². The largest absolute Gasteiger partial charge is 4.00 e. The SMILES string of the molecule is O=P([O-])([O-])[O-].O=[P+]([O-])Oc1ccccc1.[Zr+4]. The molecule has 0 aliphatic rings. The zero-order valence-electron chi connectivity index (χ0n) is 7.64. The Morgan fingerprint density at radius 2 is 1.50 bits per heavy atom. The molecule has 7 nitrogen and oxygen atoms in total. The van der Waals surface area contributed by atoms with E-state index in [9.17, 15) is 9.46 Å². The van der Waals surface area contributed by atoms with Crippen molar-refractivity contribution in [1.82, 2.24) is 0 Å². The van der Waals surface area contributed by atoms with E-state index in [-0.39, 0.29) is 26.2 Å². The van der Waals surface area contributed by atoms with Gasteiger partial charge in [-0.3, -0.25) is 4.52 Å². The van der Waals surface area contributed by atoms with Gasteiger partial charge in [0.1, 0.15) is 0 Å². The van der Waals surface area contributed by atoms with Crippen LogP contribution in [0.25, 0.3) is 0 Å². The Balaban J connectivity index is 0. The van der Waals surface area contributed by atoms with Gasteiger partial charge in [0.2, 0.25) is 0 Å². The molecule has 0 radical (unpaired) electrons. The molecule has 0 spiro atoms. The van der Waals surface area contributed by atoms with E-state index in [1.807, 2.05) is 0 Å². The van der Waals surface area contributed by atoms with Gasteiger partial charge in [0.15, 0.2) is 5.75 Å². The van der Waals surface area contributed by atoms with Crippen molar-refractivity contribution < 1.29 is 59.4 Å². The van der Waals surface area contributed by atoms with Gasteiger partial charge in [0, 0.05) is 0 Å². The molecule has 0 bridgehead atoms. The predicted molar refractivity (Wildman–Crippen MR) is 42.3 cm³/mol. The molecule has 1 aromatic rings. The van der Waals surface area contributed by atoms with E-state index in [1.165, 1.54) is 0 Å². The topological polar surface area (TPSA) is 136 Å². The second-order valence-electron chi connectivity index (χ2n) is 2.08. The van der Waals surface area contributed by atoms with Crippen LogP contribution in [0.15, 0.2) is 30.3 Å². The molecule has 10 heteroatoms. The summed E-state index contributed by atoms with van der Waals surface area (Å²) in [6.07, 6.45) is 0. The molecule has 0 saturated heterocycles. The van der Waals surface area contributed by atoms with Gasteiger partial charge in [0.05, 0.1) is 0 Å². The van der Waals surface area contributed by atoms with Gasteiger partial charge < -0.3 is 24.1 Å². The summed E-state index contributed by atoms with van der Waals surface area (Å²) >= 11 is 0. The Morgan fingerprint density at radius 3 is 1.81 bits per heavy atom. The minimum Gasteiger partial charge on any atom is -0.822 e. The molecule has 0 aromatic heterocycles. The van der Waals surface area contributed by atoms with Crippen molar-refractivity contribution in [2.45, 2.75) is 0 Å². The Kier molecular flexibility index (Phi) is 10.5. The van der Waals surface area contributed by atoms with Crippen molar-refractivity contribution >= 4 is 16.1 Å². The van der Waals surface area contributed by atoms with E-state index in [4.69, 9.17) is 19.2 Å². The van der Waals surface area contributed by atoms with Crippen molar-refractivity contribution in [3.8, 4) is 5.75 Å². The zero-order valence-corrected chi connectivity index (χ0v) is 11.9. The van der Waals surface area contributed by atoms with Crippen molar-refractivity contribution in [2.75, 3.05) is 0 Å². The molecule has 0 fully saturated rings. The van der Waals surface area contributed by atoms with Crippen LogP contribution in [0.3, 0.4) is 0 Å². The summed E-state index contributed by atoms with van der Waals surface area (Å²) in [6, 6.07) is 8.34. The third-order valence-electron chi connectivity index (χ3n) is 0.923. The molecule has 16 heavy (non-hydrogen) atoms. The molecule has 0 aliphatic heterocycles. The Hall–Kier alpha value is 0.0731. The van der Waals surface area contributed by atoms with Crippen LogP contribution in [0.1, 0.15) is 0 Å². The first-order valence-electron chi connectivity index (χ1n) is 3.39. The van der Waals surface area contributed by atoms with Crippen molar-refractivity contribution in [3.05, 3.63) is 30.3 Å². The predicted octanol–water partition coefficient (Wildman–Crippen LogP) is -1.74. The molecular formula is C6H5O7P2Zr+. The maximum atomic E-state index is 9.98. The third kappa shape index (κ3) is 16.5. The summed E-state index contributed by atoms with van der Waals surface area (Å²) in [5.74, 6) is 0.346. The van der Waals surface area contributed by atoms with Crippen molar-refractivity contribution in [1.29, 1.82) is 0 Å². The standard InChI is InChI=1S/C6H5O3P.H3O4P.Zr/c7-10(8)9-6-4-2-1-3-5-6;1-5(2,3)4;/h1-5H;(H3,1,2,3,4);/q;;+4/p-3.